The number of carbonyl (C=O) groups excluding carboxylic acids is 1. The van der Waals surface area contributed by atoms with E-state index < -0.39 is 41.2 Å². The van der Waals surface area contributed by atoms with Crippen LogP contribution in [0.4, 0.5) is 13.2 Å². The van der Waals surface area contributed by atoms with Crippen molar-refractivity contribution in [2.75, 3.05) is 6.61 Å². The summed E-state index contributed by atoms with van der Waals surface area (Å²) in [7, 11) is 0. The highest BCUT2D eigenvalue weighted by Gasteiger charge is 2.28. The fraction of sp³-hybridized carbons (Fsp3) is 0.323. The van der Waals surface area contributed by atoms with Gasteiger partial charge in [-0.1, -0.05) is 42.5 Å². The smallest absolute Gasteiger partial charge is 0.341 e. The molecule has 1 N–H and O–H groups in total. The van der Waals surface area contributed by atoms with Crippen molar-refractivity contribution in [3.8, 4) is 16.9 Å². The maximum Gasteiger partial charge on any atom is 0.341 e. The molecule has 3 aromatic carbocycles. The zero-order valence-corrected chi connectivity index (χ0v) is 21.3. The second kappa shape index (κ2) is 12.3. The molecule has 0 bridgehead atoms. The van der Waals surface area contributed by atoms with E-state index in [-0.39, 0.29) is 17.2 Å². The fourth-order valence-corrected chi connectivity index (χ4v) is 4.74. The summed E-state index contributed by atoms with van der Waals surface area (Å²) in [6.07, 6.45) is 3.65. The lowest BCUT2D eigenvalue weighted by molar-refractivity contribution is 0.0189. The highest BCUT2D eigenvalue weighted by Crippen LogP contribution is 2.36. The minimum atomic E-state index is -1.26. The van der Waals surface area contributed by atoms with Gasteiger partial charge in [0.15, 0.2) is 23.2 Å². The largest absolute Gasteiger partial charge is 0.490 e. The molecule has 200 valence electrons. The standard InChI is InChI=1S/C31H31F3O4/c1-3-4-17-37-28-16-11-23(18-27(28)32)21-9-12-24(13-10-21)38-31(36)26-15-14-25(29(33)30(26)34)22-7-5-20(6-8-22)19(2)35/h3,5-8,11,14-16,18-19,21,24,35H,1,4,9-10,12-13,17H2,2H3. The summed E-state index contributed by atoms with van der Waals surface area (Å²) in [5.74, 6) is -3.41. The van der Waals surface area contributed by atoms with Crippen LogP contribution in [0.25, 0.3) is 11.1 Å². The zero-order valence-electron chi connectivity index (χ0n) is 21.3. The highest BCUT2D eigenvalue weighted by atomic mass is 19.2. The Morgan fingerprint density at radius 3 is 2.37 bits per heavy atom. The van der Waals surface area contributed by atoms with Crippen LogP contribution < -0.4 is 4.74 Å². The maximum absolute atomic E-state index is 14.9. The Kier molecular flexibility index (Phi) is 8.89. The third kappa shape index (κ3) is 6.27. The molecule has 7 heteroatoms. The summed E-state index contributed by atoms with van der Waals surface area (Å²) in [6.45, 7) is 5.59. The van der Waals surface area contributed by atoms with Gasteiger partial charge >= 0.3 is 5.97 Å². The SMILES string of the molecule is C=CCCOc1ccc(C2CCC(OC(=O)c3ccc(-c4ccc(C(C)O)cc4)c(F)c3F)CC2)cc1F. The van der Waals surface area contributed by atoms with Gasteiger partial charge in [-0.15, -0.1) is 6.58 Å². The predicted molar refractivity (Wildman–Crippen MR) is 140 cm³/mol. The molecule has 1 aliphatic rings. The molecule has 0 aromatic heterocycles. The number of rotatable bonds is 9. The highest BCUT2D eigenvalue weighted by molar-refractivity contribution is 5.90. The van der Waals surface area contributed by atoms with Gasteiger partial charge in [0.1, 0.15) is 6.10 Å². The van der Waals surface area contributed by atoms with E-state index in [0.717, 1.165) is 5.56 Å². The van der Waals surface area contributed by atoms with Crippen LogP contribution in [0.5, 0.6) is 5.75 Å². The molecule has 1 unspecified atom stereocenters. The average molecular weight is 525 g/mol. The first-order valence-corrected chi connectivity index (χ1v) is 12.8. The van der Waals surface area contributed by atoms with E-state index in [1.807, 2.05) is 6.07 Å². The second-order valence-electron chi connectivity index (χ2n) is 9.58. The van der Waals surface area contributed by atoms with E-state index in [9.17, 15) is 23.1 Å². The van der Waals surface area contributed by atoms with Crippen LogP contribution in [0.1, 0.15) is 72.5 Å². The van der Waals surface area contributed by atoms with Gasteiger partial charge < -0.3 is 14.6 Å². The molecule has 3 aromatic rings. The Bertz CT molecular complexity index is 1280. The van der Waals surface area contributed by atoms with Crippen LogP contribution in [-0.4, -0.2) is 23.8 Å². The third-order valence-electron chi connectivity index (χ3n) is 6.96. The molecule has 1 fully saturated rings. The quantitative estimate of drug-likeness (QED) is 0.177. The molecule has 4 rings (SSSR count). The van der Waals surface area contributed by atoms with Gasteiger partial charge in [0, 0.05) is 5.56 Å². The zero-order chi connectivity index (χ0) is 27.2. The van der Waals surface area contributed by atoms with E-state index >= 15 is 0 Å². The molecule has 4 nitrogen and oxygen atoms in total. The van der Waals surface area contributed by atoms with Crippen LogP contribution in [0.3, 0.4) is 0 Å². The molecule has 0 aliphatic heterocycles. The predicted octanol–water partition coefficient (Wildman–Crippen LogP) is 7.66. The maximum atomic E-state index is 14.9. The number of esters is 1. The normalized spacial score (nSPS) is 18.0. The van der Waals surface area contributed by atoms with E-state index in [1.165, 1.54) is 18.2 Å². The number of aliphatic hydroxyl groups excluding tert-OH is 1. The lowest BCUT2D eigenvalue weighted by Gasteiger charge is -2.28. The van der Waals surface area contributed by atoms with Crippen molar-refractivity contribution in [3.05, 3.63) is 101 Å². The van der Waals surface area contributed by atoms with Gasteiger partial charge in [-0.25, -0.2) is 18.0 Å². The van der Waals surface area contributed by atoms with Gasteiger partial charge in [-0.05, 0) is 79.8 Å². The average Bonchev–Trinajstić information content (AvgIpc) is 2.91. The van der Waals surface area contributed by atoms with Crippen LogP contribution in [0.2, 0.25) is 0 Å². The van der Waals surface area contributed by atoms with Crippen LogP contribution in [0.15, 0.2) is 67.3 Å². The lowest BCUT2D eigenvalue weighted by atomic mass is 9.82. The van der Waals surface area contributed by atoms with E-state index in [1.54, 1.807) is 43.3 Å². The van der Waals surface area contributed by atoms with Crippen molar-refractivity contribution < 1.29 is 32.5 Å². The molecular formula is C31H31F3O4. The Labute approximate surface area is 220 Å². The monoisotopic (exact) mass is 524 g/mol. The second-order valence-corrected chi connectivity index (χ2v) is 9.58. The molecular weight excluding hydrogens is 493 g/mol. The van der Waals surface area contributed by atoms with Crippen molar-refractivity contribution in [2.24, 2.45) is 0 Å². The Balaban J connectivity index is 1.36. The van der Waals surface area contributed by atoms with Gasteiger partial charge in [0.05, 0.1) is 18.3 Å². The number of ether oxygens (including phenoxy) is 2. The number of aliphatic hydroxyl groups is 1. The summed E-state index contributed by atoms with van der Waals surface area (Å²) < 4.78 is 55.1. The summed E-state index contributed by atoms with van der Waals surface area (Å²) in [5.41, 5.74) is 1.49. The van der Waals surface area contributed by atoms with E-state index in [4.69, 9.17) is 9.47 Å². The topological polar surface area (TPSA) is 55.8 Å². The minimum absolute atomic E-state index is 0.0149. The van der Waals surface area contributed by atoms with Crippen LogP contribution >= 0.6 is 0 Å². The van der Waals surface area contributed by atoms with Crippen molar-refractivity contribution in [1.29, 1.82) is 0 Å². The van der Waals surface area contributed by atoms with Gasteiger partial charge in [-0.2, -0.15) is 0 Å². The number of halogens is 3. The summed E-state index contributed by atoms with van der Waals surface area (Å²) in [5, 5.41) is 9.63. The molecule has 0 amide bonds. The number of benzene rings is 3. The van der Waals surface area contributed by atoms with Crippen molar-refractivity contribution in [2.45, 2.75) is 57.2 Å². The van der Waals surface area contributed by atoms with Crippen molar-refractivity contribution >= 4 is 5.97 Å². The summed E-state index contributed by atoms with van der Waals surface area (Å²) >= 11 is 0. The van der Waals surface area contributed by atoms with Gasteiger partial charge in [0.2, 0.25) is 0 Å². The lowest BCUT2D eigenvalue weighted by Crippen LogP contribution is -2.24. The van der Waals surface area contributed by atoms with Gasteiger partial charge in [0.25, 0.3) is 0 Å². The molecule has 0 heterocycles. The van der Waals surface area contributed by atoms with Crippen molar-refractivity contribution in [1.82, 2.24) is 0 Å². The van der Waals surface area contributed by atoms with Crippen LogP contribution in [0, 0.1) is 17.5 Å². The van der Waals surface area contributed by atoms with Crippen LogP contribution in [-0.2, 0) is 4.74 Å². The van der Waals surface area contributed by atoms with Gasteiger partial charge in [-0.3, -0.25) is 0 Å². The first-order chi connectivity index (χ1) is 18.3. The molecule has 0 radical (unpaired) electrons. The Hall–Kier alpha value is -3.58. The summed E-state index contributed by atoms with van der Waals surface area (Å²) in [6, 6.07) is 14.0. The van der Waals surface area contributed by atoms with E-state index in [0.29, 0.717) is 49.8 Å². The first-order valence-electron chi connectivity index (χ1n) is 12.8. The number of carbonyl (C=O) groups is 1. The Morgan fingerprint density at radius 1 is 1.03 bits per heavy atom. The minimum Gasteiger partial charge on any atom is -0.490 e. The molecule has 0 spiro atoms. The third-order valence-corrected chi connectivity index (χ3v) is 6.96. The summed E-state index contributed by atoms with van der Waals surface area (Å²) in [4.78, 5) is 12.7. The first kappa shape index (κ1) is 27.5. The Morgan fingerprint density at radius 2 is 1.74 bits per heavy atom. The van der Waals surface area contributed by atoms with Crippen molar-refractivity contribution in [3.63, 3.8) is 0 Å². The molecule has 1 atom stereocenters. The molecule has 1 aliphatic carbocycles. The molecule has 38 heavy (non-hydrogen) atoms. The molecule has 1 saturated carbocycles. The van der Waals surface area contributed by atoms with E-state index in [2.05, 4.69) is 6.58 Å². The molecule has 0 saturated heterocycles. The fourth-order valence-electron chi connectivity index (χ4n) is 4.74. The number of hydrogen-bond donors (Lipinski definition) is 1. The number of hydrogen-bond acceptors (Lipinski definition) is 4.